The van der Waals surface area contributed by atoms with Gasteiger partial charge in [0.25, 0.3) is 10.5 Å². The van der Waals surface area contributed by atoms with E-state index in [-0.39, 0.29) is 10.5 Å². The molecule has 8 nitrogen and oxygen atoms in total. The van der Waals surface area contributed by atoms with Crippen molar-refractivity contribution in [2.45, 2.75) is 12.1 Å². The number of thioether (sulfide) groups is 2. The van der Waals surface area contributed by atoms with Gasteiger partial charge in [-0.05, 0) is 0 Å². The summed E-state index contributed by atoms with van der Waals surface area (Å²) >= 11 is 2.01. The van der Waals surface area contributed by atoms with Crippen LogP contribution in [0.2, 0.25) is 0 Å². The van der Waals surface area contributed by atoms with Crippen LogP contribution in [0.25, 0.3) is 0 Å². The van der Waals surface area contributed by atoms with Gasteiger partial charge in [-0.15, -0.1) is 0 Å². The molecule has 2 heterocycles. The zero-order valence-electron chi connectivity index (χ0n) is 8.91. The second kappa shape index (κ2) is 6.50. The molecule has 18 heavy (non-hydrogen) atoms. The van der Waals surface area contributed by atoms with Crippen LogP contribution < -0.4 is 10.6 Å². The van der Waals surface area contributed by atoms with Gasteiger partial charge in [0.1, 0.15) is 12.1 Å². The fraction of sp³-hybridized carbons (Fsp3) is 0.500. The Morgan fingerprint density at radius 1 is 0.944 bits per heavy atom. The minimum Gasteiger partial charge on any atom is -0.480 e. The van der Waals surface area contributed by atoms with Gasteiger partial charge in [-0.2, -0.15) is 0 Å². The van der Waals surface area contributed by atoms with Crippen LogP contribution in [0, 0.1) is 0 Å². The molecule has 4 N–H and O–H groups in total. The van der Waals surface area contributed by atoms with Crippen molar-refractivity contribution >= 4 is 45.9 Å². The van der Waals surface area contributed by atoms with Gasteiger partial charge in [0.05, 0.1) is 0 Å². The van der Waals surface area contributed by atoms with Crippen LogP contribution in [0.4, 0.5) is 9.59 Å². The van der Waals surface area contributed by atoms with E-state index in [0.29, 0.717) is 11.5 Å². The average Bonchev–Trinajstić information content (AvgIpc) is 2.88. The van der Waals surface area contributed by atoms with E-state index in [4.69, 9.17) is 10.2 Å². The summed E-state index contributed by atoms with van der Waals surface area (Å²) in [6, 6.07) is -1.36. The summed E-state index contributed by atoms with van der Waals surface area (Å²) < 4.78 is 0. The number of aliphatic carboxylic acids is 2. The summed E-state index contributed by atoms with van der Waals surface area (Å²) in [6.45, 7) is 0. The number of carboxylic acids is 2. The molecule has 0 saturated carbocycles. The Morgan fingerprint density at radius 2 is 1.28 bits per heavy atom. The van der Waals surface area contributed by atoms with E-state index >= 15 is 0 Å². The van der Waals surface area contributed by atoms with Gasteiger partial charge in [0, 0.05) is 11.5 Å². The lowest BCUT2D eigenvalue weighted by Gasteiger charge is -1.98. The minimum absolute atomic E-state index is 0.248. The van der Waals surface area contributed by atoms with Crippen molar-refractivity contribution < 1.29 is 29.4 Å². The molecule has 2 aliphatic heterocycles. The lowest BCUT2D eigenvalue weighted by molar-refractivity contribution is -0.139. The Kier molecular flexibility index (Phi) is 5.28. The molecule has 2 rings (SSSR count). The molecular formula is C8H10N2O6S2. The molecule has 2 saturated heterocycles. The highest BCUT2D eigenvalue weighted by Crippen LogP contribution is 2.12. The van der Waals surface area contributed by atoms with Gasteiger partial charge >= 0.3 is 11.9 Å². The van der Waals surface area contributed by atoms with Crippen molar-refractivity contribution in [2.24, 2.45) is 0 Å². The summed E-state index contributed by atoms with van der Waals surface area (Å²) in [7, 11) is 0. The highest BCUT2D eigenvalue weighted by atomic mass is 32.2. The number of hydrogen-bond acceptors (Lipinski definition) is 6. The van der Waals surface area contributed by atoms with E-state index in [1.54, 1.807) is 0 Å². The summed E-state index contributed by atoms with van der Waals surface area (Å²) in [5.74, 6) is -1.25. The lowest BCUT2D eigenvalue weighted by Crippen LogP contribution is -2.33. The largest absolute Gasteiger partial charge is 0.480 e. The first-order valence-electron chi connectivity index (χ1n) is 4.72. The Labute approximate surface area is 110 Å². The van der Waals surface area contributed by atoms with Crippen molar-refractivity contribution in [1.29, 1.82) is 0 Å². The van der Waals surface area contributed by atoms with Gasteiger partial charge in [-0.25, -0.2) is 9.59 Å². The molecule has 10 heteroatoms. The van der Waals surface area contributed by atoms with E-state index in [1.165, 1.54) is 0 Å². The average molecular weight is 294 g/mol. The maximum absolute atomic E-state index is 10.3. The van der Waals surface area contributed by atoms with Gasteiger partial charge in [-0.3, -0.25) is 9.59 Å². The van der Waals surface area contributed by atoms with Crippen molar-refractivity contribution in [3.05, 3.63) is 0 Å². The van der Waals surface area contributed by atoms with Gasteiger partial charge in [0.15, 0.2) is 0 Å². The second-order valence-electron chi connectivity index (χ2n) is 3.27. The number of hydrogen-bond donors (Lipinski definition) is 4. The third-order valence-corrected chi connectivity index (χ3v) is 3.70. The molecule has 0 unspecified atom stereocenters. The molecule has 0 aromatic rings. The summed E-state index contributed by atoms with van der Waals surface area (Å²) in [5, 5.41) is 20.7. The monoisotopic (exact) mass is 294 g/mol. The van der Waals surface area contributed by atoms with E-state index < -0.39 is 24.0 Å². The molecule has 0 aromatic carbocycles. The molecule has 0 aromatic heterocycles. The number of rotatable bonds is 2. The SMILES string of the molecule is O=C1N[C@H](C(=O)O)CS1.O=C1N[C@H](C(=O)O)CS1. The zero-order chi connectivity index (χ0) is 13.7. The van der Waals surface area contributed by atoms with E-state index in [2.05, 4.69) is 10.6 Å². The fourth-order valence-electron chi connectivity index (χ4n) is 1.04. The molecule has 0 bridgehead atoms. The molecule has 0 aliphatic carbocycles. The van der Waals surface area contributed by atoms with Crippen LogP contribution in [-0.4, -0.2) is 56.2 Å². The molecule has 2 aliphatic rings. The van der Waals surface area contributed by atoms with Crippen LogP contribution in [0.1, 0.15) is 0 Å². The molecule has 100 valence electrons. The summed E-state index contributed by atoms with van der Waals surface area (Å²) in [6.07, 6.45) is 0. The smallest absolute Gasteiger partial charge is 0.327 e. The molecule has 2 amide bonds. The first-order valence-corrected chi connectivity index (χ1v) is 6.69. The number of nitrogens with one attached hydrogen (secondary N) is 2. The van der Waals surface area contributed by atoms with Crippen LogP contribution in [0.15, 0.2) is 0 Å². The third-order valence-electron chi connectivity index (χ3n) is 1.94. The standard InChI is InChI=1S/2C4H5NO3S/c2*6-3(7)2-1-9-4(8)5-2/h2*2H,1H2,(H,5,8)(H,6,7)/t2*2-/m00/s1. The topological polar surface area (TPSA) is 133 Å². The Bertz CT molecular complexity index is 352. The first kappa shape index (κ1) is 14.6. The molecule has 2 atom stereocenters. The summed E-state index contributed by atoms with van der Waals surface area (Å²) in [5.41, 5.74) is 0. The predicted octanol–water partition coefficient (Wildman–Crippen LogP) is -0.208. The number of carboxylic acid groups (broad SMARTS) is 2. The fourth-order valence-corrected chi connectivity index (χ4v) is 2.57. The number of carbonyl (C=O) groups excluding carboxylic acids is 2. The van der Waals surface area contributed by atoms with E-state index in [1.807, 2.05) is 0 Å². The number of carbonyl (C=O) groups is 4. The van der Waals surface area contributed by atoms with Crippen LogP contribution in [0.3, 0.4) is 0 Å². The Morgan fingerprint density at radius 3 is 1.39 bits per heavy atom. The van der Waals surface area contributed by atoms with E-state index in [9.17, 15) is 19.2 Å². The third kappa shape index (κ3) is 4.45. The van der Waals surface area contributed by atoms with Crippen molar-refractivity contribution in [1.82, 2.24) is 10.6 Å². The normalized spacial score (nSPS) is 25.8. The van der Waals surface area contributed by atoms with Crippen LogP contribution >= 0.6 is 23.5 Å². The highest BCUT2D eigenvalue weighted by molar-refractivity contribution is 8.14. The van der Waals surface area contributed by atoms with Crippen molar-refractivity contribution in [2.75, 3.05) is 11.5 Å². The predicted molar refractivity (Wildman–Crippen MR) is 64.8 cm³/mol. The molecule has 2 fully saturated rings. The molecule has 0 radical (unpaired) electrons. The second-order valence-corrected chi connectivity index (χ2v) is 5.25. The van der Waals surface area contributed by atoms with Gasteiger partial charge in [-0.1, -0.05) is 23.5 Å². The Balaban J connectivity index is 0.000000180. The molecular weight excluding hydrogens is 284 g/mol. The zero-order valence-corrected chi connectivity index (χ0v) is 10.5. The van der Waals surface area contributed by atoms with E-state index in [0.717, 1.165) is 23.5 Å². The first-order chi connectivity index (χ1) is 8.40. The van der Waals surface area contributed by atoms with Crippen molar-refractivity contribution in [3.8, 4) is 0 Å². The maximum Gasteiger partial charge on any atom is 0.327 e. The molecule has 0 spiro atoms. The van der Waals surface area contributed by atoms with Crippen LogP contribution in [-0.2, 0) is 9.59 Å². The highest BCUT2D eigenvalue weighted by Gasteiger charge is 2.27. The Hall–Kier alpha value is -1.42. The number of amides is 2. The van der Waals surface area contributed by atoms with Gasteiger partial charge < -0.3 is 20.8 Å². The summed E-state index contributed by atoms with van der Waals surface area (Å²) in [4.78, 5) is 40.9. The van der Waals surface area contributed by atoms with Crippen LogP contribution in [0.5, 0.6) is 0 Å². The minimum atomic E-state index is -0.964. The lowest BCUT2D eigenvalue weighted by atomic mass is 10.4. The van der Waals surface area contributed by atoms with Crippen molar-refractivity contribution in [3.63, 3.8) is 0 Å². The maximum atomic E-state index is 10.3. The quantitative estimate of drug-likeness (QED) is 0.550. The van der Waals surface area contributed by atoms with Gasteiger partial charge in [0.2, 0.25) is 0 Å².